The normalized spacial score (nSPS) is 15.2. The van der Waals surface area contributed by atoms with E-state index in [1.54, 1.807) is 43.3 Å². The van der Waals surface area contributed by atoms with Gasteiger partial charge in [-0.05, 0) is 43.0 Å². The number of amides is 2. The molecule has 0 aliphatic carbocycles. The summed E-state index contributed by atoms with van der Waals surface area (Å²) in [7, 11) is 3.46. The molecule has 0 atom stereocenters. The maximum atomic E-state index is 12.0. The molecule has 1 aromatic rings. The lowest BCUT2D eigenvalue weighted by Crippen LogP contribution is -2.34. The molecule has 2 rings (SSSR count). The van der Waals surface area contributed by atoms with Crippen LogP contribution >= 0.6 is 0 Å². The fraction of sp³-hybridized carbons (Fsp3) is 0.412. The molecule has 1 saturated heterocycles. The van der Waals surface area contributed by atoms with Gasteiger partial charge in [0.1, 0.15) is 0 Å². The largest absolute Gasteiger partial charge is 0.345 e. The Kier molecular flexibility index (Phi) is 5.14. The van der Waals surface area contributed by atoms with Crippen molar-refractivity contribution in [1.82, 2.24) is 9.80 Å². The number of carbonyl (C=O) groups is 2. The van der Waals surface area contributed by atoms with Gasteiger partial charge in [0.25, 0.3) is 5.91 Å². The van der Waals surface area contributed by atoms with Crippen LogP contribution in [0.4, 0.5) is 0 Å². The molecule has 0 bridgehead atoms. The Bertz CT molecular complexity index is 526. The van der Waals surface area contributed by atoms with Crippen LogP contribution in [0.25, 0.3) is 6.08 Å². The number of hydrogen-bond donors (Lipinski definition) is 0. The van der Waals surface area contributed by atoms with Gasteiger partial charge in [0.15, 0.2) is 0 Å². The average molecular weight is 286 g/mol. The molecule has 1 aliphatic rings. The first kappa shape index (κ1) is 15.3. The highest BCUT2D eigenvalue weighted by Crippen LogP contribution is 2.11. The quantitative estimate of drug-likeness (QED) is 0.801. The van der Waals surface area contributed by atoms with Crippen molar-refractivity contribution in [2.24, 2.45) is 0 Å². The molecule has 0 spiro atoms. The van der Waals surface area contributed by atoms with Gasteiger partial charge in [0.2, 0.25) is 5.91 Å². The Morgan fingerprint density at radius 1 is 1.05 bits per heavy atom. The van der Waals surface area contributed by atoms with E-state index in [9.17, 15) is 9.59 Å². The van der Waals surface area contributed by atoms with E-state index in [1.165, 1.54) is 6.42 Å². The van der Waals surface area contributed by atoms with Gasteiger partial charge in [-0.1, -0.05) is 12.1 Å². The molecular formula is C17H22N2O2. The second kappa shape index (κ2) is 7.07. The molecule has 2 amide bonds. The third-order valence-electron chi connectivity index (χ3n) is 3.65. The number of likely N-dealkylation sites (tertiary alicyclic amines) is 1. The van der Waals surface area contributed by atoms with Crippen molar-refractivity contribution in [1.29, 1.82) is 0 Å². The minimum atomic E-state index is -0.0186. The van der Waals surface area contributed by atoms with Gasteiger partial charge in [-0.15, -0.1) is 0 Å². The van der Waals surface area contributed by atoms with Gasteiger partial charge in [0, 0.05) is 38.8 Å². The number of carbonyl (C=O) groups excluding carboxylic acids is 2. The van der Waals surface area contributed by atoms with E-state index in [0.29, 0.717) is 5.56 Å². The summed E-state index contributed by atoms with van der Waals surface area (Å²) in [5, 5.41) is 0. The predicted octanol–water partition coefficient (Wildman–Crippen LogP) is 2.41. The third-order valence-corrected chi connectivity index (χ3v) is 3.65. The van der Waals surface area contributed by atoms with E-state index in [2.05, 4.69) is 0 Å². The van der Waals surface area contributed by atoms with Crippen molar-refractivity contribution in [3.63, 3.8) is 0 Å². The fourth-order valence-corrected chi connectivity index (χ4v) is 2.38. The Balaban J connectivity index is 1.97. The molecule has 0 N–H and O–H groups in total. The highest BCUT2D eigenvalue weighted by Gasteiger charge is 2.13. The smallest absolute Gasteiger partial charge is 0.253 e. The maximum Gasteiger partial charge on any atom is 0.253 e. The summed E-state index contributed by atoms with van der Waals surface area (Å²) in [5.74, 6) is 0.0538. The minimum Gasteiger partial charge on any atom is -0.345 e. The van der Waals surface area contributed by atoms with E-state index in [0.717, 1.165) is 31.5 Å². The first-order valence-electron chi connectivity index (χ1n) is 7.36. The Morgan fingerprint density at radius 3 is 2.24 bits per heavy atom. The zero-order valence-corrected chi connectivity index (χ0v) is 12.7. The summed E-state index contributed by atoms with van der Waals surface area (Å²) in [6.07, 6.45) is 6.84. The van der Waals surface area contributed by atoms with Crippen LogP contribution in [0, 0.1) is 0 Å². The first-order valence-corrected chi connectivity index (χ1v) is 7.36. The number of nitrogens with zero attached hydrogens (tertiary/aromatic N) is 2. The van der Waals surface area contributed by atoms with E-state index in [4.69, 9.17) is 0 Å². The van der Waals surface area contributed by atoms with Gasteiger partial charge in [0.05, 0.1) is 0 Å². The van der Waals surface area contributed by atoms with Crippen LogP contribution in [-0.2, 0) is 4.79 Å². The maximum absolute atomic E-state index is 12.0. The summed E-state index contributed by atoms with van der Waals surface area (Å²) in [4.78, 5) is 27.2. The molecule has 4 heteroatoms. The Hall–Kier alpha value is -2.10. The van der Waals surface area contributed by atoms with Gasteiger partial charge >= 0.3 is 0 Å². The van der Waals surface area contributed by atoms with E-state index >= 15 is 0 Å². The molecule has 21 heavy (non-hydrogen) atoms. The van der Waals surface area contributed by atoms with Gasteiger partial charge in [-0.3, -0.25) is 9.59 Å². The van der Waals surface area contributed by atoms with Crippen LogP contribution in [0.5, 0.6) is 0 Å². The van der Waals surface area contributed by atoms with Crippen molar-refractivity contribution in [3.05, 3.63) is 41.5 Å². The third kappa shape index (κ3) is 4.18. The van der Waals surface area contributed by atoms with Crippen LogP contribution in [0.15, 0.2) is 30.3 Å². The summed E-state index contributed by atoms with van der Waals surface area (Å²) in [6, 6.07) is 7.29. The Morgan fingerprint density at radius 2 is 1.67 bits per heavy atom. The Labute approximate surface area is 126 Å². The van der Waals surface area contributed by atoms with Crippen LogP contribution < -0.4 is 0 Å². The zero-order chi connectivity index (χ0) is 15.2. The van der Waals surface area contributed by atoms with Gasteiger partial charge in [-0.2, -0.15) is 0 Å². The number of benzene rings is 1. The van der Waals surface area contributed by atoms with Crippen molar-refractivity contribution < 1.29 is 9.59 Å². The second-order valence-electron chi connectivity index (χ2n) is 5.54. The molecule has 0 radical (unpaired) electrons. The van der Waals surface area contributed by atoms with Crippen molar-refractivity contribution in [2.75, 3.05) is 27.2 Å². The molecule has 1 aromatic carbocycles. The summed E-state index contributed by atoms with van der Waals surface area (Å²) in [6.45, 7) is 1.72. The van der Waals surface area contributed by atoms with Gasteiger partial charge in [-0.25, -0.2) is 0 Å². The summed E-state index contributed by atoms with van der Waals surface area (Å²) in [5.41, 5.74) is 1.58. The molecule has 1 heterocycles. The molecule has 112 valence electrons. The summed E-state index contributed by atoms with van der Waals surface area (Å²) < 4.78 is 0. The average Bonchev–Trinajstić information content (AvgIpc) is 2.53. The number of hydrogen-bond acceptors (Lipinski definition) is 2. The first-order chi connectivity index (χ1) is 10.1. The molecular weight excluding hydrogens is 264 g/mol. The van der Waals surface area contributed by atoms with Crippen LogP contribution in [0.1, 0.15) is 35.2 Å². The van der Waals surface area contributed by atoms with Gasteiger partial charge < -0.3 is 9.80 Å². The molecule has 1 aliphatic heterocycles. The van der Waals surface area contributed by atoms with E-state index in [-0.39, 0.29) is 11.8 Å². The molecule has 4 nitrogen and oxygen atoms in total. The molecule has 0 aromatic heterocycles. The predicted molar refractivity (Wildman–Crippen MR) is 83.9 cm³/mol. The van der Waals surface area contributed by atoms with Crippen molar-refractivity contribution in [3.8, 4) is 0 Å². The van der Waals surface area contributed by atoms with Crippen LogP contribution in [0.3, 0.4) is 0 Å². The van der Waals surface area contributed by atoms with Crippen molar-refractivity contribution >= 4 is 17.9 Å². The summed E-state index contributed by atoms with van der Waals surface area (Å²) >= 11 is 0. The van der Waals surface area contributed by atoms with Crippen LogP contribution in [-0.4, -0.2) is 48.8 Å². The zero-order valence-electron chi connectivity index (χ0n) is 12.7. The fourth-order valence-electron chi connectivity index (χ4n) is 2.38. The van der Waals surface area contributed by atoms with Crippen molar-refractivity contribution in [2.45, 2.75) is 19.3 Å². The monoisotopic (exact) mass is 286 g/mol. The molecule has 0 saturated carbocycles. The minimum absolute atomic E-state index is 0.0186. The highest BCUT2D eigenvalue weighted by molar-refractivity contribution is 5.94. The van der Waals surface area contributed by atoms with Crippen LogP contribution in [0.2, 0.25) is 0 Å². The standard InChI is InChI=1S/C17H22N2O2/c1-18(2)17(21)15-9-6-14(7-10-15)8-11-16(20)19-12-4-3-5-13-19/h6-11H,3-5,12-13H2,1-2H3/b11-8+. The highest BCUT2D eigenvalue weighted by atomic mass is 16.2. The topological polar surface area (TPSA) is 40.6 Å². The molecule has 0 unspecified atom stereocenters. The molecule has 1 fully saturated rings. The van der Waals surface area contributed by atoms with E-state index < -0.39 is 0 Å². The number of piperidine rings is 1. The lowest BCUT2D eigenvalue weighted by Gasteiger charge is -2.25. The lowest BCUT2D eigenvalue weighted by atomic mass is 10.1. The van der Waals surface area contributed by atoms with E-state index in [1.807, 2.05) is 17.0 Å². The lowest BCUT2D eigenvalue weighted by molar-refractivity contribution is -0.126. The number of rotatable bonds is 3. The SMILES string of the molecule is CN(C)C(=O)c1ccc(/C=C/C(=O)N2CCCCC2)cc1. The second-order valence-corrected chi connectivity index (χ2v) is 5.54.